The number of aromatic amines is 1. The molecule has 2 atom stereocenters. The molecule has 0 amide bonds. The van der Waals surface area contributed by atoms with Gasteiger partial charge in [-0.25, -0.2) is 32.9 Å². The summed E-state index contributed by atoms with van der Waals surface area (Å²) >= 11 is 0. The quantitative estimate of drug-likeness (QED) is 0.339. The number of aliphatic imine (C=N–C) groups is 1. The van der Waals surface area contributed by atoms with Crippen LogP contribution in [0.5, 0.6) is 5.88 Å². The number of allylic oxidation sites excluding steroid dienone is 1. The summed E-state index contributed by atoms with van der Waals surface area (Å²) < 4.78 is 41.9. The van der Waals surface area contributed by atoms with Gasteiger partial charge in [-0.05, 0) is 31.6 Å². The van der Waals surface area contributed by atoms with E-state index >= 15 is 0 Å². The van der Waals surface area contributed by atoms with Crippen molar-refractivity contribution in [3.05, 3.63) is 63.8 Å². The number of aryl methyl sites for hydroxylation is 1. The number of anilines is 1. The largest absolute Gasteiger partial charge is 0.479 e. The molecule has 0 aromatic carbocycles. The molecule has 0 unspecified atom stereocenters. The summed E-state index contributed by atoms with van der Waals surface area (Å²) in [5.74, 6) is -0.181. The highest BCUT2D eigenvalue weighted by molar-refractivity contribution is 7.93. The molecular formula is C23H25N9O5S. The van der Waals surface area contributed by atoms with Crippen LogP contribution in [0.4, 0.5) is 5.95 Å². The minimum atomic E-state index is -4.22. The van der Waals surface area contributed by atoms with Gasteiger partial charge in [0.05, 0.1) is 13.4 Å². The Bertz CT molecular complexity index is 1610. The van der Waals surface area contributed by atoms with Crippen LogP contribution in [-0.4, -0.2) is 68.3 Å². The van der Waals surface area contributed by atoms with E-state index in [-0.39, 0.29) is 41.5 Å². The molecule has 2 N–H and O–H groups in total. The molecule has 38 heavy (non-hydrogen) atoms. The van der Waals surface area contributed by atoms with Crippen molar-refractivity contribution in [2.24, 2.45) is 4.99 Å². The Morgan fingerprint density at radius 1 is 1.21 bits per heavy atom. The van der Waals surface area contributed by atoms with Crippen LogP contribution in [0, 0.1) is 6.92 Å². The first-order chi connectivity index (χ1) is 18.3. The molecule has 198 valence electrons. The van der Waals surface area contributed by atoms with E-state index < -0.39 is 26.9 Å². The molecule has 0 saturated carbocycles. The zero-order chi connectivity index (χ0) is 27.3. The maximum atomic E-state index is 13.6. The lowest BCUT2D eigenvalue weighted by Gasteiger charge is -2.23. The number of nitrogens with one attached hydrogen (secondary N) is 2. The van der Waals surface area contributed by atoms with Crippen molar-refractivity contribution >= 4 is 27.9 Å². The standard InChI is InChI=1S/C23H25N9O5S/c1-5-10-37-18(19-25-11-14(2)12-26-19)15(3)38(34,35)31-23-30-29-20(16-8-6-7-9-24-16)32(23)17-21(33)27-13-28-22(17)36-4/h7,9,11-13,15,18H,5,10H2,1-4H3,(H,30,31)(H,27,28,33)/t15-,18+/m0/s1. The van der Waals surface area contributed by atoms with Crippen LogP contribution in [0.2, 0.25) is 0 Å². The van der Waals surface area contributed by atoms with Crippen molar-refractivity contribution in [2.45, 2.75) is 38.5 Å². The van der Waals surface area contributed by atoms with Crippen LogP contribution in [0.1, 0.15) is 43.6 Å². The second-order valence-electron chi connectivity index (χ2n) is 8.10. The van der Waals surface area contributed by atoms with Gasteiger partial charge in [0.15, 0.2) is 23.0 Å². The number of hydrogen-bond donors (Lipinski definition) is 2. The molecule has 3 aromatic rings. The Balaban J connectivity index is 1.81. The first-order valence-electron chi connectivity index (χ1n) is 11.5. The third-order valence-corrected chi connectivity index (χ3v) is 7.04. The van der Waals surface area contributed by atoms with Gasteiger partial charge in [-0.2, -0.15) is 0 Å². The summed E-state index contributed by atoms with van der Waals surface area (Å²) in [7, 11) is -2.90. The molecule has 0 saturated heterocycles. The summed E-state index contributed by atoms with van der Waals surface area (Å²) in [6, 6.07) is 0. The average molecular weight is 540 g/mol. The lowest BCUT2D eigenvalue weighted by atomic mass is 10.2. The predicted octanol–water partition coefficient (Wildman–Crippen LogP) is 1.49. The lowest BCUT2D eigenvalue weighted by Crippen LogP contribution is -2.34. The Morgan fingerprint density at radius 2 is 1.97 bits per heavy atom. The Morgan fingerprint density at radius 3 is 2.63 bits per heavy atom. The number of ether oxygens (including phenoxy) is 2. The zero-order valence-electron chi connectivity index (χ0n) is 21.0. The first kappa shape index (κ1) is 26.6. The van der Waals surface area contributed by atoms with Crippen molar-refractivity contribution in [3.8, 4) is 11.6 Å². The van der Waals surface area contributed by atoms with Crippen molar-refractivity contribution in [1.82, 2.24) is 34.7 Å². The normalized spacial score (nSPS) is 14.3. The topological polar surface area (TPSA) is 179 Å². The molecular weight excluding hydrogens is 514 g/mol. The molecule has 0 bridgehead atoms. The van der Waals surface area contributed by atoms with Gasteiger partial charge in [0.1, 0.15) is 11.4 Å². The van der Waals surface area contributed by atoms with Gasteiger partial charge in [0.25, 0.3) is 5.56 Å². The van der Waals surface area contributed by atoms with Crippen LogP contribution in [0.15, 0.2) is 46.0 Å². The van der Waals surface area contributed by atoms with Gasteiger partial charge < -0.3 is 14.5 Å². The average Bonchev–Trinajstić information content (AvgIpc) is 3.32. The molecule has 1 aliphatic heterocycles. The zero-order valence-corrected chi connectivity index (χ0v) is 21.9. The van der Waals surface area contributed by atoms with Crippen molar-refractivity contribution in [3.63, 3.8) is 0 Å². The van der Waals surface area contributed by atoms with E-state index in [4.69, 9.17) is 9.47 Å². The monoisotopic (exact) mass is 539 g/mol. The minimum Gasteiger partial charge on any atom is -0.479 e. The van der Waals surface area contributed by atoms with Crippen molar-refractivity contribution in [1.29, 1.82) is 0 Å². The number of sulfonamides is 1. The molecule has 0 aliphatic carbocycles. The molecule has 4 heterocycles. The highest BCUT2D eigenvalue weighted by atomic mass is 32.2. The Kier molecular flexibility index (Phi) is 7.93. The number of nitrogens with zero attached hydrogens (tertiary/aromatic N) is 7. The van der Waals surface area contributed by atoms with Crippen molar-refractivity contribution in [2.75, 3.05) is 18.4 Å². The first-order valence-corrected chi connectivity index (χ1v) is 13.1. The number of H-pyrrole nitrogens is 1. The van der Waals surface area contributed by atoms with Gasteiger partial charge in [-0.1, -0.05) is 12.7 Å². The third-order valence-electron chi connectivity index (χ3n) is 5.35. The van der Waals surface area contributed by atoms with Crippen LogP contribution in [0.3, 0.4) is 0 Å². The molecule has 0 spiro atoms. The fourth-order valence-corrected chi connectivity index (χ4v) is 4.54. The molecule has 0 fully saturated rings. The van der Waals surface area contributed by atoms with Gasteiger partial charge in [0.2, 0.25) is 21.9 Å². The fraction of sp³-hybridized carbons (Fsp3) is 0.348. The summed E-state index contributed by atoms with van der Waals surface area (Å²) in [4.78, 5) is 32.1. The Hall–Kier alpha value is -4.42. The second-order valence-corrected chi connectivity index (χ2v) is 10.1. The molecule has 14 nitrogen and oxygen atoms in total. The maximum absolute atomic E-state index is 13.6. The highest BCUT2D eigenvalue weighted by Gasteiger charge is 2.35. The highest BCUT2D eigenvalue weighted by Crippen LogP contribution is 2.29. The molecule has 3 aromatic heterocycles. The summed E-state index contributed by atoms with van der Waals surface area (Å²) in [6.45, 7) is 5.48. The van der Waals surface area contributed by atoms with E-state index in [0.717, 1.165) is 16.5 Å². The van der Waals surface area contributed by atoms with Crippen LogP contribution >= 0.6 is 0 Å². The molecule has 1 aliphatic rings. The maximum Gasteiger partial charge on any atom is 0.279 e. The summed E-state index contributed by atoms with van der Waals surface area (Å²) in [5, 5.41) is 6.89. The number of rotatable bonds is 11. The summed E-state index contributed by atoms with van der Waals surface area (Å²) in [5.41, 5.74) is 5.68. The van der Waals surface area contributed by atoms with E-state index in [1.807, 2.05) is 13.8 Å². The SMILES string of the molecule is CCCO[C@@H](c1ncc(C)cn1)[C@H](C)S(=O)(=O)Nc1nnc(C2=C=C=CC=N2)n1-c1c(OC)nc[nH]c1=O. The van der Waals surface area contributed by atoms with E-state index in [1.54, 1.807) is 12.4 Å². The van der Waals surface area contributed by atoms with E-state index in [2.05, 4.69) is 51.3 Å². The van der Waals surface area contributed by atoms with Crippen LogP contribution < -0.4 is 15.0 Å². The molecule has 4 rings (SSSR count). The number of hydrogen-bond acceptors (Lipinski definition) is 11. The predicted molar refractivity (Wildman–Crippen MR) is 138 cm³/mol. The van der Waals surface area contributed by atoms with Gasteiger partial charge in [-0.15, -0.1) is 10.2 Å². The third kappa shape index (κ3) is 5.45. The summed E-state index contributed by atoms with van der Waals surface area (Å²) in [6.07, 6.45) is 6.96. The van der Waals surface area contributed by atoms with Gasteiger partial charge in [0, 0.05) is 31.3 Å². The minimum absolute atomic E-state index is 0.00431. The lowest BCUT2D eigenvalue weighted by molar-refractivity contribution is 0.0466. The molecule has 0 radical (unpaired) electrons. The Labute approximate surface area is 218 Å². The van der Waals surface area contributed by atoms with Crippen LogP contribution in [0.25, 0.3) is 11.4 Å². The molecule has 15 heteroatoms. The number of methoxy groups -OCH3 is 1. The second kappa shape index (κ2) is 11.3. The van der Waals surface area contributed by atoms with E-state index in [9.17, 15) is 13.2 Å². The fourth-order valence-electron chi connectivity index (χ4n) is 3.44. The van der Waals surface area contributed by atoms with Crippen LogP contribution in [-0.2, 0) is 14.8 Å². The van der Waals surface area contributed by atoms with E-state index in [0.29, 0.717) is 6.42 Å². The van der Waals surface area contributed by atoms with Crippen molar-refractivity contribution < 1.29 is 17.9 Å². The number of aromatic nitrogens is 7. The van der Waals surface area contributed by atoms with Gasteiger partial charge in [-0.3, -0.25) is 9.52 Å². The van der Waals surface area contributed by atoms with Gasteiger partial charge >= 0.3 is 0 Å². The smallest absolute Gasteiger partial charge is 0.279 e. The van der Waals surface area contributed by atoms with E-state index in [1.165, 1.54) is 26.3 Å².